The minimum atomic E-state index is -0.705. The number of benzene rings is 1. The molecule has 1 aromatic carbocycles. The third-order valence-corrected chi connectivity index (χ3v) is 4.41. The summed E-state index contributed by atoms with van der Waals surface area (Å²) in [5.41, 5.74) is 6.48. The standard InChI is InChI=1S/C18H17N3O4S/c19-18(23)21-14(12-5-2-1-3-6-12)9-16(22)24-10-13-11-25-17(20-13)15-7-4-8-26-15/h1-8,11,14H,9-10H2,(H3,19,21,23)/t14-/m1/s1. The molecule has 0 aliphatic rings. The van der Waals surface area contributed by atoms with Crippen molar-refractivity contribution < 1.29 is 18.7 Å². The molecule has 0 unspecified atom stereocenters. The van der Waals surface area contributed by atoms with Gasteiger partial charge in [0.15, 0.2) is 0 Å². The average Bonchev–Trinajstić information content (AvgIpc) is 3.31. The van der Waals surface area contributed by atoms with Crippen molar-refractivity contribution in [2.24, 2.45) is 5.73 Å². The highest BCUT2D eigenvalue weighted by Crippen LogP contribution is 2.24. The minimum absolute atomic E-state index is 0.00815. The number of urea groups is 1. The molecule has 0 saturated heterocycles. The van der Waals surface area contributed by atoms with Gasteiger partial charge in [0.1, 0.15) is 18.6 Å². The summed E-state index contributed by atoms with van der Waals surface area (Å²) in [7, 11) is 0. The zero-order valence-corrected chi connectivity index (χ0v) is 14.6. The van der Waals surface area contributed by atoms with Gasteiger partial charge in [-0.05, 0) is 17.0 Å². The summed E-state index contributed by atoms with van der Waals surface area (Å²) in [5, 5.41) is 4.48. The number of aromatic nitrogens is 1. The van der Waals surface area contributed by atoms with Gasteiger partial charge in [-0.15, -0.1) is 11.3 Å². The molecule has 8 heteroatoms. The maximum Gasteiger partial charge on any atom is 0.312 e. The van der Waals surface area contributed by atoms with Crippen LogP contribution in [0.2, 0.25) is 0 Å². The summed E-state index contributed by atoms with van der Waals surface area (Å²) in [6, 6.07) is 11.6. The van der Waals surface area contributed by atoms with E-state index in [1.165, 1.54) is 17.6 Å². The third kappa shape index (κ3) is 4.70. The first kappa shape index (κ1) is 17.7. The molecule has 2 heterocycles. The van der Waals surface area contributed by atoms with Crippen LogP contribution in [-0.2, 0) is 16.1 Å². The predicted octanol–water partition coefficient (Wildman–Crippen LogP) is 3.25. The minimum Gasteiger partial charge on any atom is -0.459 e. The number of carbonyl (C=O) groups is 2. The number of primary amides is 1. The molecule has 0 saturated carbocycles. The maximum atomic E-state index is 12.1. The van der Waals surface area contributed by atoms with E-state index < -0.39 is 18.0 Å². The second-order valence-corrected chi connectivity index (χ2v) is 6.41. The number of rotatable bonds is 7. The number of carbonyl (C=O) groups excluding carboxylic acids is 2. The van der Waals surface area contributed by atoms with E-state index in [0.717, 1.165) is 10.4 Å². The SMILES string of the molecule is NC(=O)N[C@H](CC(=O)OCc1coc(-c2cccs2)n1)c1ccccc1. The van der Waals surface area contributed by atoms with E-state index >= 15 is 0 Å². The van der Waals surface area contributed by atoms with Crippen LogP contribution in [0, 0.1) is 0 Å². The highest BCUT2D eigenvalue weighted by Gasteiger charge is 2.19. The Kier molecular flexibility index (Phi) is 5.65. The number of ether oxygens (including phenoxy) is 1. The summed E-state index contributed by atoms with van der Waals surface area (Å²) < 4.78 is 10.6. The first-order chi connectivity index (χ1) is 12.6. The molecule has 7 nitrogen and oxygen atoms in total. The van der Waals surface area contributed by atoms with Crippen molar-refractivity contribution in [3.05, 3.63) is 65.4 Å². The lowest BCUT2D eigenvalue weighted by molar-refractivity contribution is -0.145. The van der Waals surface area contributed by atoms with Gasteiger partial charge in [0.2, 0.25) is 5.89 Å². The fourth-order valence-corrected chi connectivity index (χ4v) is 3.03. The Bertz CT molecular complexity index is 862. The van der Waals surface area contributed by atoms with E-state index in [0.29, 0.717) is 11.6 Å². The molecule has 26 heavy (non-hydrogen) atoms. The molecule has 0 aliphatic heterocycles. The van der Waals surface area contributed by atoms with Crippen LogP contribution in [0.3, 0.4) is 0 Å². The molecule has 3 rings (SSSR count). The first-order valence-corrected chi connectivity index (χ1v) is 8.74. The smallest absolute Gasteiger partial charge is 0.312 e. The maximum absolute atomic E-state index is 12.1. The number of esters is 1. The van der Waals surface area contributed by atoms with Crippen LogP contribution in [0.5, 0.6) is 0 Å². The molecule has 1 atom stereocenters. The Morgan fingerprint density at radius 2 is 2.04 bits per heavy atom. The molecule has 2 amide bonds. The summed E-state index contributed by atoms with van der Waals surface area (Å²) in [6.45, 7) is -0.00815. The van der Waals surface area contributed by atoms with E-state index in [-0.39, 0.29) is 13.0 Å². The summed E-state index contributed by atoms with van der Waals surface area (Å²) >= 11 is 1.51. The Labute approximate surface area is 153 Å². The lowest BCUT2D eigenvalue weighted by atomic mass is 10.0. The lowest BCUT2D eigenvalue weighted by Crippen LogP contribution is -2.34. The molecule has 0 bridgehead atoms. The molecule has 2 aromatic heterocycles. The summed E-state index contributed by atoms with van der Waals surface area (Å²) in [4.78, 5) is 28.5. The highest BCUT2D eigenvalue weighted by molar-refractivity contribution is 7.13. The van der Waals surface area contributed by atoms with Gasteiger partial charge in [0.05, 0.1) is 17.3 Å². The number of amides is 2. The van der Waals surface area contributed by atoms with Gasteiger partial charge in [-0.3, -0.25) is 4.79 Å². The molecular formula is C18H17N3O4S. The molecule has 0 radical (unpaired) electrons. The molecule has 0 aliphatic carbocycles. The fraction of sp³-hybridized carbons (Fsp3) is 0.167. The van der Waals surface area contributed by atoms with Gasteiger partial charge in [0, 0.05) is 0 Å². The van der Waals surface area contributed by atoms with Crippen LogP contribution in [-0.4, -0.2) is 17.0 Å². The van der Waals surface area contributed by atoms with Gasteiger partial charge in [-0.1, -0.05) is 36.4 Å². The number of nitrogens with two attached hydrogens (primary N) is 1. The zero-order valence-electron chi connectivity index (χ0n) is 13.8. The van der Waals surface area contributed by atoms with Crippen LogP contribution in [0.25, 0.3) is 10.8 Å². The molecule has 0 spiro atoms. The van der Waals surface area contributed by atoms with E-state index in [1.54, 1.807) is 12.1 Å². The van der Waals surface area contributed by atoms with E-state index in [1.807, 2.05) is 35.7 Å². The van der Waals surface area contributed by atoms with Crippen molar-refractivity contribution in [1.29, 1.82) is 0 Å². The second-order valence-electron chi connectivity index (χ2n) is 5.46. The monoisotopic (exact) mass is 371 g/mol. The summed E-state index contributed by atoms with van der Waals surface area (Å²) in [5.74, 6) is 0.0110. The largest absolute Gasteiger partial charge is 0.459 e. The van der Waals surface area contributed by atoms with Gasteiger partial charge < -0.3 is 20.2 Å². The topological polar surface area (TPSA) is 107 Å². The van der Waals surface area contributed by atoms with Gasteiger partial charge in [-0.2, -0.15) is 0 Å². The Morgan fingerprint density at radius 1 is 1.23 bits per heavy atom. The van der Waals surface area contributed by atoms with Crippen molar-refractivity contribution in [2.75, 3.05) is 0 Å². The van der Waals surface area contributed by atoms with Crippen LogP contribution < -0.4 is 11.1 Å². The quantitative estimate of drug-likeness (QED) is 0.620. The van der Waals surface area contributed by atoms with Crippen LogP contribution in [0.1, 0.15) is 23.7 Å². The van der Waals surface area contributed by atoms with Crippen molar-refractivity contribution in [1.82, 2.24) is 10.3 Å². The Hall–Kier alpha value is -3.13. The van der Waals surface area contributed by atoms with E-state index in [2.05, 4.69) is 10.3 Å². The second kappa shape index (κ2) is 8.30. The van der Waals surface area contributed by atoms with Gasteiger partial charge >= 0.3 is 12.0 Å². The van der Waals surface area contributed by atoms with Crippen molar-refractivity contribution in [3.8, 4) is 10.8 Å². The third-order valence-electron chi connectivity index (χ3n) is 3.55. The molecule has 134 valence electrons. The van der Waals surface area contributed by atoms with Gasteiger partial charge in [-0.25, -0.2) is 9.78 Å². The predicted molar refractivity (Wildman–Crippen MR) is 96.1 cm³/mol. The van der Waals surface area contributed by atoms with Crippen molar-refractivity contribution in [3.63, 3.8) is 0 Å². The molecule has 0 fully saturated rings. The van der Waals surface area contributed by atoms with Crippen LogP contribution in [0.15, 0.2) is 58.5 Å². The van der Waals surface area contributed by atoms with Gasteiger partial charge in [0.25, 0.3) is 0 Å². The van der Waals surface area contributed by atoms with Crippen molar-refractivity contribution >= 4 is 23.3 Å². The number of nitrogens with zero attached hydrogens (tertiary/aromatic N) is 1. The molecule has 3 N–H and O–H groups in total. The molecular weight excluding hydrogens is 354 g/mol. The highest BCUT2D eigenvalue weighted by atomic mass is 32.1. The summed E-state index contributed by atoms with van der Waals surface area (Å²) in [6.07, 6.45) is 1.42. The molecule has 3 aromatic rings. The number of nitrogens with one attached hydrogen (secondary N) is 1. The lowest BCUT2D eigenvalue weighted by Gasteiger charge is -2.17. The van der Waals surface area contributed by atoms with Crippen LogP contribution in [0.4, 0.5) is 4.79 Å². The number of hydrogen-bond donors (Lipinski definition) is 2. The fourth-order valence-electron chi connectivity index (χ4n) is 2.38. The number of hydrogen-bond acceptors (Lipinski definition) is 6. The van der Waals surface area contributed by atoms with E-state index in [9.17, 15) is 9.59 Å². The normalized spacial score (nSPS) is 11.7. The van der Waals surface area contributed by atoms with E-state index in [4.69, 9.17) is 14.9 Å². The Balaban J connectivity index is 1.57. The Morgan fingerprint density at radius 3 is 2.73 bits per heavy atom. The average molecular weight is 371 g/mol. The van der Waals surface area contributed by atoms with Crippen molar-refractivity contribution in [2.45, 2.75) is 19.1 Å². The van der Waals surface area contributed by atoms with Crippen LogP contribution >= 0.6 is 11.3 Å². The first-order valence-electron chi connectivity index (χ1n) is 7.86. The zero-order chi connectivity index (χ0) is 18.4. The number of oxazole rings is 1. The number of thiophene rings is 1.